The van der Waals surface area contributed by atoms with Gasteiger partial charge in [-0.05, 0) is 70.0 Å². The molecule has 1 N–H and O–H groups in total. The molecule has 0 aromatic heterocycles. The van der Waals surface area contributed by atoms with Gasteiger partial charge in [-0.3, -0.25) is 14.4 Å². The van der Waals surface area contributed by atoms with Crippen LogP contribution in [0.4, 0.5) is 11.4 Å². The van der Waals surface area contributed by atoms with Gasteiger partial charge in [0.1, 0.15) is 17.4 Å². The van der Waals surface area contributed by atoms with E-state index in [2.05, 4.69) is 0 Å². The van der Waals surface area contributed by atoms with E-state index in [1.165, 1.54) is 4.90 Å². The van der Waals surface area contributed by atoms with Crippen LogP contribution in [-0.2, 0) is 19.1 Å². The molecule has 0 radical (unpaired) electrons. The van der Waals surface area contributed by atoms with Crippen LogP contribution >= 0.6 is 0 Å². The summed E-state index contributed by atoms with van der Waals surface area (Å²) >= 11 is 0. The van der Waals surface area contributed by atoms with E-state index in [1.807, 2.05) is 94.5 Å². The number of para-hydroxylation sites is 1. The van der Waals surface area contributed by atoms with Crippen LogP contribution in [0.1, 0.15) is 31.9 Å². The van der Waals surface area contributed by atoms with Crippen LogP contribution in [0.3, 0.4) is 0 Å². The van der Waals surface area contributed by atoms with Gasteiger partial charge in [0.25, 0.3) is 5.91 Å². The van der Waals surface area contributed by atoms with Gasteiger partial charge in [0.2, 0.25) is 11.8 Å². The molecule has 0 aliphatic carbocycles. The van der Waals surface area contributed by atoms with E-state index in [0.29, 0.717) is 24.6 Å². The second-order valence-corrected chi connectivity index (χ2v) is 12.1. The van der Waals surface area contributed by atoms with Crippen molar-refractivity contribution >= 4 is 29.1 Å². The van der Waals surface area contributed by atoms with Crippen LogP contribution in [-0.4, -0.2) is 77.3 Å². The molecule has 9 heteroatoms. The molecule has 2 aromatic rings. The molecular formula is C34H39N3O6. The summed E-state index contributed by atoms with van der Waals surface area (Å²) in [5.41, 5.74) is 0.812. The standard InChI is InChI=1S/C34H39N3O6/c1-6-42-25-14-12-24(13-15-25)35-18-8-16-33(5)26(30(35)39)27-31(40)37(23(4)20-38)29-32(41)36(19-9-17-34(27,29)43-33)28-21(2)10-7-11-22(28)3/h7-17,23,26-27,29,38H,6,18-20H2,1-5H3/t23-,26-,27+,29?,33+,34+/m1/s1. The van der Waals surface area contributed by atoms with E-state index in [9.17, 15) is 19.5 Å². The monoisotopic (exact) mass is 585 g/mol. The molecule has 9 nitrogen and oxygen atoms in total. The maximum absolute atomic E-state index is 14.7. The van der Waals surface area contributed by atoms with Crippen LogP contribution < -0.4 is 14.5 Å². The third-order valence-electron chi connectivity index (χ3n) is 9.40. The van der Waals surface area contributed by atoms with Crippen molar-refractivity contribution in [1.82, 2.24) is 4.90 Å². The number of fused-ring (bicyclic) bond motifs is 2. The maximum atomic E-state index is 14.7. The summed E-state index contributed by atoms with van der Waals surface area (Å²) in [4.78, 5) is 48.6. The lowest BCUT2D eigenvalue weighted by Gasteiger charge is -2.39. The van der Waals surface area contributed by atoms with Crippen molar-refractivity contribution in [3.8, 4) is 5.75 Å². The second kappa shape index (κ2) is 10.6. The van der Waals surface area contributed by atoms with E-state index in [0.717, 1.165) is 16.8 Å². The fourth-order valence-corrected chi connectivity index (χ4v) is 7.58. The predicted octanol–water partition coefficient (Wildman–Crippen LogP) is 3.56. The molecular weight excluding hydrogens is 546 g/mol. The number of anilines is 2. The quantitative estimate of drug-likeness (QED) is 0.521. The SMILES string of the molecule is CCOc1ccc(N2CC=C[C@]3(C)O[C@]45C=CCN(c6c(C)cccc6C)C(=O)C4N([C@H](C)CO)C(=O)[C@@H]5[C@@H]3C2=O)cc1. The number of aryl methyl sites for hydroxylation is 2. The number of rotatable bonds is 6. The molecule has 43 heavy (non-hydrogen) atoms. The first kappa shape index (κ1) is 29.1. The summed E-state index contributed by atoms with van der Waals surface area (Å²) in [5, 5.41) is 10.2. The zero-order valence-electron chi connectivity index (χ0n) is 25.3. The summed E-state index contributed by atoms with van der Waals surface area (Å²) in [6, 6.07) is 11.5. The van der Waals surface area contributed by atoms with Crippen LogP contribution in [0.5, 0.6) is 5.75 Å². The average molecular weight is 586 g/mol. The molecule has 6 atom stereocenters. The minimum absolute atomic E-state index is 0.249. The fourth-order valence-electron chi connectivity index (χ4n) is 7.58. The number of hydrogen-bond donors (Lipinski definition) is 1. The van der Waals surface area contributed by atoms with Gasteiger partial charge in [0.15, 0.2) is 0 Å². The lowest BCUT2D eigenvalue weighted by atomic mass is 9.74. The summed E-state index contributed by atoms with van der Waals surface area (Å²) in [7, 11) is 0. The molecule has 4 heterocycles. The first-order valence-electron chi connectivity index (χ1n) is 15.0. The highest BCUT2D eigenvalue weighted by atomic mass is 16.5. The minimum Gasteiger partial charge on any atom is -0.494 e. The highest BCUT2D eigenvalue weighted by Crippen LogP contribution is 2.58. The molecule has 0 saturated carbocycles. The maximum Gasteiger partial charge on any atom is 0.253 e. The van der Waals surface area contributed by atoms with Gasteiger partial charge in [-0.2, -0.15) is 0 Å². The Hall–Kier alpha value is -3.95. The minimum atomic E-state index is -1.40. The first-order valence-corrected chi connectivity index (χ1v) is 15.0. The Morgan fingerprint density at radius 3 is 2.23 bits per heavy atom. The van der Waals surface area contributed by atoms with Crippen LogP contribution in [0.15, 0.2) is 66.8 Å². The van der Waals surface area contributed by atoms with Gasteiger partial charge in [-0.1, -0.05) is 42.5 Å². The van der Waals surface area contributed by atoms with Crippen molar-refractivity contribution < 1.29 is 29.0 Å². The molecule has 4 aliphatic heterocycles. The Balaban J connectivity index is 1.46. The van der Waals surface area contributed by atoms with E-state index in [1.54, 1.807) is 16.7 Å². The van der Waals surface area contributed by atoms with Crippen LogP contribution in [0.25, 0.3) is 0 Å². The Kier molecular flexibility index (Phi) is 7.21. The van der Waals surface area contributed by atoms with Crippen LogP contribution in [0.2, 0.25) is 0 Å². The third-order valence-corrected chi connectivity index (χ3v) is 9.40. The number of likely N-dealkylation sites (tertiary alicyclic amines) is 1. The summed E-state index contributed by atoms with van der Waals surface area (Å²) in [5.74, 6) is -2.06. The number of nitrogens with zero attached hydrogens (tertiary/aromatic N) is 3. The Morgan fingerprint density at radius 1 is 0.930 bits per heavy atom. The molecule has 0 bridgehead atoms. The van der Waals surface area contributed by atoms with E-state index < -0.39 is 35.1 Å². The number of benzene rings is 2. The number of amides is 3. The van der Waals surface area contributed by atoms with E-state index in [4.69, 9.17) is 9.47 Å². The van der Waals surface area contributed by atoms with Crippen molar-refractivity contribution in [2.24, 2.45) is 11.8 Å². The lowest BCUT2D eigenvalue weighted by Crippen LogP contribution is -2.58. The normalized spacial score (nSPS) is 30.6. The number of ether oxygens (including phenoxy) is 2. The predicted molar refractivity (Wildman–Crippen MR) is 163 cm³/mol. The van der Waals surface area contributed by atoms with Crippen molar-refractivity contribution in [3.63, 3.8) is 0 Å². The Morgan fingerprint density at radius 2 is 1.58 bits per heavy atom. The molecule has 3 amide bonds. The lowest BCUT2D eigenvalue weighted by molar-refractivity contribution is -0.147. The third kappa shape index (κ3) is 4.32. The van der Waals surface area contributed by atoms with Gasteiger partial charge in [0.05, 0.1) is 36.7 Å². The number of aliphatic hydroxyl groups excluding tert-OH is 1. The number of hydrogen-bond acceptors (Lipinski definition) is 6. The highest BCUT2D eigenvalue weighted by molar-refractivity contribution is 6.08. The molecule has 6 rings (SSSR count). The Bertz CT molecular complexity index is 1500. The molecule has 1 unspecified atom stereocenters. The first-order chi connectivity index (χ1) is 20.6. The summed E-state index contributed by atoms with van der Waals surface area (Å²) < 4.78 is 12.5. The second-order valence-electron chi connectivity index (χ2n) is 12.1. The van der Waals surface area contributed by atoms with Crippen molar-refractivity contribution in [2.45, 2.75) is 57.9 Å². The zero-order chi connectivity index (χ0) is 30.7. The molecule has 4 aliphatic rings. The van der Waals surface area contributed by atoms with Crippen molar-refractivity contribution in [3.05, 3.63) is 77.9 Å². The fraction of sp³-hybridized carbons (Fsp3) is 0.441. The molecule has 226 valence electrons. The van der Waals surface area contributed by atoms with Crippen molar-refractivity contribution in [2.75, 3.05) is 36.1 Å². The van der Waals surface area contributed by atoms with E-state index >= 15 is 0 Å². The zero-order valence-corrected chi connectivity index (χ0v) is 25.3. The number of carbonyl (C=O) groups is 3. The van der Waals surface area contributed by atoms with E-state index in [-0.39, 0.29) is 30.9 Å². The van der Waals surface area contributed by atoms with Gasteiger partial charge in [0, 0.05) is 24.5 Å². The number of aliphatic hydroxyl groups is 1. The van der Waals surface area contributed by atoms with Gasteiger partial charge in [-0.15, -0.1) is 0 Å². The molecule has 1 spiro atoms. The van der Waals surface area contributed by atoms with Gasteiger partial charge in [-0.25, -0.2) is 0 Å². The summed E-state index contributed by atoms with van der Waals surface area (Å²) in [6.07, 6.45) is 7.47. The summed E-state index contributed by atoms with van der Waals surface area (Å²) in [6.45, 7) is 10.2. The van der Waals surface area contributed by atoms with Gasteiger partial charge < -0.3 is 29.3 Å². The highest BCUT2D eigenvalue weighted by Gasteiger charge is 2.75. The average Bonchev–Trinajstić information content (AvgIpc) is 3.26. The van der Waals surface area contributed by atoms with Crippen molar-refractivity contribution in [1.29, 1.82) is 0 Å². The number of carbonyl (C=O) groups excluding carboxylic acids is 3. The molecule has 2 aromatic carbocycles. The molecule has 2 saturated heterocycles. The van der Waals surface area contributed by atoms with Gasteiger partial charge >= 0.3 is 0 Å². The van der Waals surface area contributed by atoms with Crippen LogP contribution in [0, 0.1) is 25.7 Å². The Labute approximate surface area is 252 Å². The largest absolute Gasteiger partial charge is 0.494 e. The smallest absolute Gasteiger partial charge is 0.253 e. The topological polar surface area (TPSA) is 99.6 Å². The molecule has 2 fully saturated rings.